The van der Waals surface area contributed by atoms with Crippen molar-refractivity contribution >= 4 is 11.9 Å². The van der Waals surface area contributed by atoms with E-state index in [4.69, 9.17) is 11.2 Å². The highest BCUT2D eigenvalue weighted by molar-refractivity contribution is 5.91. The quantitative estimate of drug-likeness (QED) is 0.474. The average molecular weight is 308 g/mol. The Morgan fingerprint density at radius 2 is 1.87 bits per heavy atom. The van der Waals surface area contributed by atoms with E-state index in [1.807, 2.05) is 30.3 Å². The number of terminal acetylenes is 1. The first kappa shape index (κ1) is 17.9. The van der Waals surface area contributed by atoms with E-state index in [0.29, 0.717) is 0 Å². The van der Waals surface area contributed by atoms with Crippen LogP contribution in [0.1, 0.15) is 24.8 Å². The van der Waals surface area contributed by atoms with Gasteiger partial charge in [0.15, 0.2) is 0 Å². The summed E-state index contributed by atoms with van der Waals surface area (Å²) in [5.74, 6) is 12.2. The van der Waals surface area contributed by atoms with Gasteiger partial charge in [-0.25, -0.2) is 0 Å². The third-order valence-corrected chi connectivity index (χ3v) is 2.62. The molecule has 0 saturated carbocycles. The van der Waals surface area contributed by atoms with E-state index in [1.54, 1.807) is 0 Å². The first-order chi connectivity index (χ1) is 11.2. The molecule has 1 atom stereocenters. The maximum atomic E-state index is 11.5. The normalized spacial score (nSPS) is 9.91. The number of benzene rings is 1. The van der Waals surface area contributed by atoms with Crippen LogP contribution >= 0.6 is 0 Å². The molecule has 23 heavy (non-hydrogen) atoms. The van der Waals surface area contributed by atoms with Gasteiger partial charge in [0.05, 0.1) is 7.11 Å². The molecule has 1 aromatic carbocycles. The first-order valence-electron chi connectivity index (χ1n) is 6.89. The second kappa shape index (κ2) is 10.6. The van der Waals surface area contributed by atoms with E-state index in [-0.39, 0.29) is 12.8 Å². The Morgan fingerprint density at radius 3 is 2.52 bits per heavy atom. The molecular weight excluding hydrogens is 292 g/mol. The summed E-state index contributed by atoms with van der Waals surface area (Å²) in [6.07, 6.45) is 4.68. The number of rotatable bonds is 5. The lowest BCUT2D eigenvalue weighted by molar-refractivity contribution is -0.156. The minimum absolute atomic E-state index is 0.216. The molecule has 0 aromatic heterocycles. The molecule has 0 saturated heterocycles. The SMILES string of the molecule is C#CCC(CC#CC#Cc1ccccc1)OC(=O)CC(=O)OC. The minimum atomic E-state index is -0.686. The second-order valence-corrected chi connectivity index (χ2v) is 4.39. The first-order valence-corrected chi connectivity index (χ1v) is 6.89. The van der Waals surface area contributed by atoms with Crippen LogP contribution < -0.4 is 0 Å². The maximum absolute atomic E-state index is 11.5. The molecule has 0 spiro atoms. The van der Waals surface area contributed by atoms with Crippen molar-refractivity contribution in [2.45, 2.75) is 25.4 Å². The molecular formula is C19H16O4. The Bertz CT molecular complexity index is 690. The van der Waals surface area contributed by atoms with Crippen LogP contribution in [0.2, 0.25) is 0 Å². The van der Waals surface area contributed by atoms with Gasteiger partial charge in [-0.1, -0.05) is 30.0 Å². The largest absolute Gasteiger partial charge is 0.469 e. The van der Waals surface area contributed by atoms with Crippen LogP contribution in [-0.4, -0.2) is 25.2 Å². The van der Waals surface area contributed by atoms with E-state index in [0.717, 1.165) is 5.56 Å². The molecule has 0 fully saturated rings. The van der Waals surface area contributed by atoms with Gasteiger partial charge in [-0.15, -0.1) is 12.3 Å². The molecule has 1 aromatic rings. The Morgan fingerprint density at radius 1 is 1.13 bits per heavy atom. The fraction of sp³-hybridized carbons (Fsp3) is 0.263. The molecule has 4 heteroatoms. The van der Waals surface area contributed by atoms with Crippen LogP contribution in [0.25, 0.3) is 0 Å². The summed E-state index contributed by atoms with van der Waals surface area (Å²) in [4.78, 5) is 22.5. The lowest BCUT2D eigenvalue weighted by atomic mass is 10.2. The molecule has 4 nitrogen and oxygen atoms in total. The fourth-order valence-electron chi connectivity index (χ4n) is 1.54. The Hall–Kier alpha value is -3.16. The number of methoxy groups -OCH3 is 1. The van der Waals surface area contributed by atoms with E-state index in [1.165, 1.54) is 7.11 Å². The second-order valence-electron chi connectivity index (χ2n) is 4.39. The number of ether oxygens (including phenoxy) is 2. The molecule has 0 radical (unpaired) electrons. The average Bonchev–Trinajstić information content (AvgIpc) is 2.55. The highest BCUT2D eigenvalue weighted by Crippen LogP contribution is 2.05. The van der Waals surface area contributed by atoms with Crippen LogP contribution in [0.4, 0.5) is 0 Å². The third-order valence-electron chi connectivity index (χ3n) is 2.62. The topological polar surface area (TPSA) is 52.6 Å². The van der Waals surface area contributed by atoms with Crippen LogP contribution in [0.5, 0.6) is 0 Å². The van der Waals surface area contributed by atoms with Crippen LogP contribution in [-0.2, 0) is 19.1 Å². The Labute approximate surface area is 136 Å². The van der Waals surface area contributed by atoms with Crippen molar-refractivity contribution in [3.63, 3.8) is 0 Å². The standard InChI is InChI=1S/C19H16O4/c1-3-10-17(23-19(21)15-18(20)22-2)14-9-5-8-13-16-11-6-4-7-12-16/h1,4,6-7,11-12,17H,10,14-15H2,2H3. The van der Waals surface area contributed by atoms with Crippen molar-refractivity contribution in [1.29, 1.82) is 0 Å². The highest BCUT2D eigenvalue weighted by atomic mass is 16.6. The van der Waals surface area contributed by atoms with Crippen molar-refractivity contribution in [1.82, 2.24) is 0 Å². The molecule has 116 valence electrons. The predicted octanol–water partition coefficient (Wildman–Crippen LogP) is 1.93. The molecule has 0 amide bonds. The van der Waals surface area contributed by atoms with Crippen molar-refractivity contribution in [2.24, 2.45) is 0 Å². The Balaban J connectivity index is 2.53. The maximum Gasteiger partial charge on any atom is 0.317 e. The Kier molecular flexibility index (Phi) is 8.21. The zero-order chi connectivity index (χ0) is 16.9. The molecule has 1 unspecified atom stereocenters. The van der Waals surface area contributed by atoms with Gasteiger partial charge in [0.1, 0.15) is 12.5 Å². The molecule has 0 heterocycles. The summed E-state index contributed by atoms with van der Waals surface area (Å²) in [6, 6.07) is 9.45. The van der Waals surface area contributed by atoms with E-state index >= 15 is 0 Å². The molecule has 0 bridgehead atoms. The number of hydrogen-bond acceptors (Lipinski definition) is 4. The molecule has 0 aliphatic heterocycles. The van der Waals surface area contributed by atoms with Gasteiger partial charge in [-0.05, 0) is 24.0 Å². The summed E-state index contributed by atoms with van der Waals surface area (Å²) >= 11 is 0. The van der Waals surface area contributed by atoms with Gasteiger partial charge in [-0.3, -0.25) is 9.59 Å². The van der Waals surface area contributed by atoms with Crippen LogP contribution in [0, 0.1) is 36.0 Å². The van der Waals surface area contributed by atoms with Crippen molar-refractivity contribution in [2.75, 3.05) is 7.11 Å². The zero-order valence-electron chi connectivity index (χ0n) is 12.8. The lowest BCUT2D eigenvalue weighted by Gasteiger charge is -2.12. The van der Waals surface area contributed by atoms with E-state index in [2.05, 4.69) is 34.3 Å². The molecule has 0 N–H and O–H groups in total. The lowest BCUT2D eigenvalue weighted by Crippen LogP contribution is -2.20. The van der Waals surface area contributed by atoms with E-state index < -0.39 is 24.5 Å². The van der Waals surface area contributed by atoms with Gasteiger partial charge < -0.3 is 9.47 Å². The smallest absolute Gasteiger partial charge is 0.317 e. The van der Waals surface area contributed by atoms with Crippen LogP contribution in [0.3, 0.4) is 0 Å². The van der Waals surface area contributed by atoms with Crippen molar-refractivity contribution < 1.29 is 19.1 Å². The summed E-state index contributed by atoms with van der Waals surface area (Å²) in [6.45, 7) is 0. The van der Waals surface area contributed by atoms with Crippen molar-refractivity contribution in [3.05, 3.63) is 35.9 Å². The fourth-order valence-corrected chi connectivity index (χ4v) is 1.54. The monoisotopic (exact) mass is 308 g/mol. The number of carbonyl (C=O) groups excluding carboxylic acids is 2. The number of esters is 2. The zero-order valence-corrected chi connectivity index (χ0v) is 12.8. The molecule has 0 aliphatic rings. The van der Waals surface area contributed by atoms with Gasteiger partial charge in [0, 0.05) is 18.4 Å². The van der Waals surface area contributed by atoms with Gasteiger partial charge in [-0.2, -0.15) is 0 Å². The van der Waals surface area contributed by atoms with Gasteiger partial charge in [0.2, 0.25) is 0 Å². The summed E-state index contributed by atoms with van der Waals surface area (Å²) in [5.41, 5.74) is 0.867. The van der Waals surface area contributed by atoms with Gasteiger partial charge in [0.25, 0.3) is 0 Å². The number of hydrogen-bond donors (Lipinski definition) is 0. The third kappa shape index (κ3) is 8.00. The predicted molar refractivity (Wildman–Crippen MR) is 85.7 cm³/mol. The van der Waals surface area contributed by atoms with E-state index in [9.17, 15) is 9.59 Å². The summed E-state index contributed by atoms with van der Waals surface area (Å²) < 4.78 is 9.49. The summed E-state index contributed by atoms with van der Waals surface area (Å²) in [5, 5.41) is 0. The molecule has 1 rings (SSSR count). The minimum Gasteiger partial charge on any atom is -0.469 e. The molecule has 0 aliphatic carbocycles. The van der Waals surface area contributed by atoms with Crippen LogP contribution in [0.15, 0.2) is 30.3 Å². The summed E-state index contributed by atoms with van der Waals surface area (Å²) in [7, 11) is 1.20. The van der Waals surface area contributed by atoms with Gasteiger partial charge >= 0.3 is 11.9 Å². The van der Waals surface area contributed by atoms with Crippen molar-refractivity contribution in [3.8, 4) is 36.0 Å². The number of carbonyl (C=O) groups is 2. The highest BCUT2D eigenvalue weighted by Gasteiger charge is 2.16.